The van der Waals surface area contributed by atoms with Crippen molar-refractivity contribution < 1.29 is 9.53 Å². The molecule has 0 amide bonds. The number of aryl methyl sites for hydroxylation is 1. The molecule has 0 aliphatic rings. The third-order valence-electron chi connectivity index (χ3n) is 2.68. The molecule has 1 heterocycles. The van der Waals surface area contributed by atoms with E-state index in [-0.39, 0.29) is 0 Å². The first-order chi connectivity index (χ1) is 8.81. The number of carbonyl (C=O) groups excluding carboxylic acids is 1. The van der Waals surface area contributed by atoms with Crippen LogP contribution in [0, 0.1) is 0 Å². The Morgan fingerprint density at radius 1 is 1.17 bits per heavy atom. The highest BCUT2D eigenvalue weighted by molar-refractivity contribution is 7.15. The van der Waals surface area contributed by atoms with Gasteiger partial charge in [0.05, 0.1) is 4.88 Å². The van der Waals surface area contributed by atoms with Crippen molar-refractivity contribution in [2.45, 2.75) is 26.2 Å². The van der Waals surface area contributed by atoms with E-state index in [2.05, 4.69) is 19.1 Å². The van der Waals surface area contributed by atoms with Gasteiger partial charge in [-0.15, -0.1) is 0 Å². The Morgan fingerprint density at radius 3 is 2.56 bits per heavy atom. The van der Waals surface area contributed by atoms with E-state index < -0.39 is 0 Å². The highest BCUT2D eigenvalue weighted by Gasteiger charge is 2.02. The summed E-state index contributed by atoms with van der Waals surface area (Å²) in [6, 6.07) is 11.7. The van der Waals surface area contributed by atoms with Gasteiger partial charge >= 0.3 is 0 Å². The van der Waals surface area contributed by atoms with Crippen molar-refractivity contribution in [3.8, 4) is 10.8 Å². The van der Waals surface area contributed by atoms with Crippen molar-refractivity contribution in [2.24, 2.45) is 0 Å². The number of carbonyl (C=O) groups is 1. The molecule has 0 unspecified atom stereocenters. The third-order valence-corrected chi connectivity index (χ3v) is 3.57. The lowest BCUT2D eigenvalue weighted by Crippen LogP contribution is -1.85. The number of benzene rings is 1. The third kappa shape index (κ3) is 3.44. The molecule has 0 aliphatic carbocycles. The molecule has 1 aromatic heterocycles. The fraction of sp³-hybridized carbons (Fsp3) is 0.267. The normalized spacial score (nSPS) is 10.3. The summed E-state index contributed by atoms with van der Waals surface area (Å²) >= 11 is 1.36. The number of unbranched alkanes of at least 4 members (excludes halogenated alkanes) is 1. The van der Waals surface area contributed by atoms with Gasteiger partial charge in [-0.1, -0.05) is 36.8 Å². The van der Waals surface area contributed by atoms with Gasteiger partial charge in [0.15, 0.2) is 11.3 Å². The van der Waals surface area contributed by atoms with Crippen molar-refractivity contribution in [1.82, 2.24) is 0 Å². The highest BCUT2D eigenvalue weighted by Crippen LogP contribution is 2.28. The second kappa shape index (κ2) is 6.36. The molecule has 0 N–H and O–H groups in total. The summed E-state index contributed by atoms with van der Waals surface area (Å²) in [7, 11) is 0. The predicted molar refractivity (Wildman–Crippen MR) is 74.8 cm³/mol. The number of thiophene rings is 1. The van der Waals surface area contributed by atoms with Crippen LogP contribution in [0.3, 0.4) is 0 Å². The van der Waals surface area contributed by atoms with Crippen LogP contribution in [0.1, 0.15) is 35.0 Å². The molecule has 0 radical (unpaired) electrons. The summed E-state index contributed by atoms with van der Waals surface area (Å²) in [5.41, 5.74) is 1.34. The molecule has 0 saturated heterocycles. The Labute approximate surface area is 111 Å². The average Bonchev–Trinajstić information content (AvgIpc) is 2.86. The molecule has 0 atom stereocenters. The fourth-order valence-corrected chi connectivity index (χ4v) is 2.36. The summed E-state index contributed by atoms with van der Waals surface area (Å²) in [5.74, 6) is 0.814. The maximum Gasteiger partial charge on any atom is 0.181 e. The molecule has 3 heteroatoms. The van der Waals surface area contributed by atoms with Gasteiger partial charge in [-0.25, -0.2) is 0 Å². The molecular weight excluding hydrogens is 244 g/mol. The summed E-state index contributed by atoms with van der Waals surface area (Å²) in [6.45, 7) is 2.19. The molecule has 2 aromatic rings. The van der Waals surface area contributed by atoms with Crippen molar-refractivity contribution in [1.29, 1.82) is 0 Å². The zero-order chi connectivity index (χ0) is 12.8. The van der Waals surface area contributed by atoms with E-state index in [0.717, 1.165) is 23.5 Å². The van der Waals surface area contributed by atoms with Crippen LogP contribution in [-0.2, 0) is 6.42 Å². The van der Waals surface area contributed by atoms with Crippen LogP contribution in [0.2, 0.25) is 0 Å². The lowest BCUT2D eigenvalue weighted by Gasteiger charge is -2.04. The molecule has 0 bridgehead atoms. The van der Waals surface area contributed by atoms with Gasteiger partial charge in [0.2, 0.25) is 0 Å². The van der Waals surface area contributed by atoms with Gasteiger partial charge in [-0.2, -0.15) is 0 Å². The van der Waals surface area contributed by atoms with E-state index in [1.165, 1.54) is 29.7 Å². The van der Waals surface area contributed by atoms with Crippen molar-refractivity contribution in [2.75, 3.05) is 0 Å². The maximum absolute atomic E-state index is 10.6. The van der Waals surface area contributed by atoms with Crippen molar-refractivity contribution >= 4 is 17.6 Å². The topological polar surface area (TPSA) is 26.3 Å². The fourth-order valence-electron chi connectivity index (χ4n) is 1.67. The molecule has 2 nitrogen and oxygen atoms in total. The summed E-state index contributed by atoms with van der Waals surface area (Å²) in [6.07, 6.45) is 4.38. The van der Waals surface area contributed by atoms with E-state index >= 15 is 0 Å². The molecule has 0 saturated carbocycles. The molecule has 2 rings (SSSR count). The summed E-state index contributed by atoms with van der Waals surface area (Å²) < 4.78 is 5.68. The van der Waals surface area contributed by atoms with E-state index in [0.29, 0.717) is 4.88 Å². The second-order valence-corrected chi connectivity index (χ2v) is 5.20. The van der Waals surface area contributed by atoms with Crippen LogP contribution in [-0.4, -0.2) is 6.29 Å². The van der Waals surface area contributed by atoms with E-state index in [4.69, 9.17) is 4.74 Å². The Morgan fingerprint density at radius 2 is 1.94 bits per heavy atom. The minimum Gasteiger partial charge on any atom is -0.447 e. The lowest BCUT2D eigenvalue weighted by molar-refractivity contribution is 0.112. The van der Waals surface area contributed by atoms with Crippen LogP contribution in [0.25, 0.3) is 0 Å². The van der Waals surface area contributed by atoms with Gasteiger partial charge in [0.1, 0.15) is 5.75 Å². The van der Waals surface area contributed by atoms with Crippen LogP contribution in [0.4, 0.5) is 0 Å². The Bertz CT molecular complexity index is 499. The Kier molecular flexibility index (Phi) is 4.53. The molecule has 18 heavy (non-hydrogen) atoms. The van der Waals surface area contributed by atoms with E-state index in [1.54, 1.807) is 6.07 Å². The number of hydrogen-bond acceptors (Lipinski definition) is 3. The minimum atomic E-state index is 0.685. The Balaban J connectivity index is 1.99. The average molecular weight is 260 g/mol. The van der Waals surface area contributed by atoms with Gasteiger partial charge in [-0.3, -0.25) is 4.79 Å². The van der Waals surface area contributed by atoms with Crippen LogP contribution >= 0.6 is 11.3 Å². The molecule has 0 aliphatic heterocycles. The van der Waals surface area contributed by atoms with Crippen LogP contribution in [0.15, 0.2) is 36.4 Å². The van der Waals surface area contributed by atoms with Crippen molar-refractivity contribution in [3.63, 3.8) is 0 Å². The number of ether oxygens (including phenoxy) is 1. The van der Waals surface area contributed by atoms with E-state index in [1.807, 2.05) is 18.2 Å². The largest absolute Gasteiger partial charge is 0.447 e. The van der Waals surface area contributed by atoms with Crippen LogP contribution < -0.4 is 4.74 Å². The molecule has 0 spiro atoms. The number of hydrogen-bond donors (Lipinski definition) is 0. The van der Waals surface area contributed by atoms with Gasteiger partial charge in [0, 0.05) is 0 Å². The molecule has 0 fully saturated rings. The maximum atomic E-state index is 10.6. The first kappa shape index (κ1) is 12.8. The monoisotopic (exact) mass is 260 g/mol. The van der Waals surface area contributed by atoms with E-state index in [9.17, 15) is 4.79 Å². The minimum absolute atomic E-state index is 0.685. The zero-order valence-corrected chi connectivity index (χ0v) is 11.2. The second-order valence-electron chi connectivity index (χ2n) is 4.12. The van der Waals surface area contributed by atoms with Gasteiger partial charge < -0.3 is 4.74 Å². The van der Waals surface area contributed by atoms with Crippen LogP contribution in [0.5, 0.6) is 10.8 Å². The summed E-state index contributed by atoms with van der Waals surface area (Å²) in [5, 5.41) is 0.749. The highest BCUT2D eigenvalue weighted by atomic mass is 32.1. The van der Waals surface area contributed by atoms with Gasteiger partial charge in [-0.05, 0) is 42.7 Å². The SMILES string of the molecule is CCCCc1ccc(Oc2ccc(C=O)s2)cc1. The quantitative estimate of drug-likeness (QED) is 0.704. The first-order valence-corrected chi connectivity index (χ1v) is 6.95. The number of aldehydes is 1. The molecule has 1 aromatic carbocycles. The zero-order valence-electron chi connectivity index (χ0n) is 10.4. The van der Waals surface area contributed by atoms with Crippen molar-refractivity contribution in [3.05, 3.63) is 46.8 Å². The van der Waals surface area contributed by atoms with Gasteiger partial charge in [0.25, 0.3) is 0 Å². The predicted octanol–water partition coefficient (Wildman–Crippen LogP) is 4.70. The number of rotatable bonds is 6. The molecule has 94 valence electrons. The smallest absolute Gasteiger partial charge is 0.181 e. The molecular formula is C15H16O2S. The Hall–Kier alpha value is -1.61. The standard InChI is InChI=1S/C15H16O2S/c1-2-3-4-12-5-7-13(8-6-12)17-15-10-9-14(11-16)18-15/h5-11H,2-4H2,1H3. The first-order valence-electron chi connectivity index (χ1n) is 6.13. The summed E-state index contributed by atoms with van der Waals surface area (Å²) in [4.78, 5) is 11.3. The lowest BCUT2D eigenvalue weighted by atomic mass is 10.1.